The van der Waals surface area contributed by atoms with Crippen molar-refractivity contribution in [1.82, 2.24) is 5.32 Å². The fourth-order valence-corrected chi connectivity index (χ4v) is 4.99. The lowest BCUT2D eigenvalue weighted by atomic mass is 10.0. The number of aliphatic hydroxyl groups is 3. The maximum atomic E-state index is 12.3. The van der Waals surface area contributed by atoms with E-state index in [0.717, 1.165) is 44.9 Å². The highest BCUT2D eigenvalue weighted by Crippen LogP contribution is 2.14. The summed E-state index contributed by atoms with van der Waals surface area (Å²) in [5.74, 6) is -0.520. The van der Waals surface area contributed by atoms with Crippen molar-refractivity contribution in [3.8, 4) is 0 Å². The summed E-state index contributed by atoms with van der Waals surface area (Å²) in [4.78, 5) is 12.3. The van der Waals surface area contributed by atoms with Crippen molar-refractivity contribution in [2.75, 3.05) is 6.61 Å². The molecule has 0 aromatic carbocycles. The van der Waals surface area contributed by atoms with Crippen molar-refractivity contribution in [3.05, 3.63) is 24.3 Å². The third kappa shape index (κ3) is 25.8. The Balaban J connectivity index is 3.76. The Morgan fingerprint density at radius 2 is 1.02 bits per heavy atom. The molecule has 3 atom stereocenters. The van der Waals surface area contributed by atoms with Gasteiger partial charge in [0.25, 0.3) is 0 Å². The molecule has 4 N–H and O–H groups in total. The van der Waals surface area contributed by atoms with Crippen LogP contribution in [0.5, 0.6) is 0 Å². The van der Waals surface area contributed by atoms with Gasteiger partial charge in [0.2, 0.25) is 5.91 Å². The zero-order chi connectivity index (χ0) is 29.5. The standard InChI is InChI=1S/C35H67NO4/c1-3-5-7-9-11-13-14-15-16-17-18-19-20-22-23-25-27-29-33(38)32(31-37)36-35(40)34(39)30-28-26-24-21-12-10-8-6-4-2/h10,12,27,29,32-34,37-39H,3-9,11,13-26,28,30-31H2,1-2H3,(H,36,40)/b12-10-,29-27+. The molecule has 0 aromatic heterocycles. The van der Waals surface area contributed by atoms with Crippen LogP contribution in [-0.4, -0.2) is 46.1 Å². The largest absolute Gasteiger partial charge is 0.394 e. The minimum absolute atomic E-state index is 0.368. The SMILES string of the molecule is CCCC/C=C\CCCCCC(O)C(=O)NC(CO)C(O)/C=C/CCCCCCCCCCCCCCCCC. The van der Waals surface area contributed by atoms with Gasteiger partial charge in [-0.1, -0.05) is 154 Å². The van der Waals surface area contributed by atoms with Crippen molar-refractivity contribution in [3.63, 3.8) is 0 Å². The number of carbonyl (C=O) groups excluding carboxylic acids is 1. The maximum Gasteiger partial charge on any atom is 0.249 e. The number of allylic oxidation sites excluding steroid dienone is 3. The molecule has 236 valence electrons. The number of amides is 1. The van der Waals surface area contributed by atoms with Crippen molar-refractivity contribution < 1.29 is 20.1 Å². The summed E-state index contributed by atoms with van der Waals surface area (Å²) in [6.45, 7) is 4.10. The second-order valence-corrected chi connectivity index (χ2v) is 11.7. The highest BCUT2D eigenvalue weighted by Gasteiger charge is 2.22. The predicted octanol–water partition coefficient (Wildman–Crippen LogP) is 8.70. The summed E-state index contributed by atoms with van der Waals surface area (Å²) in [6.07, 6.45) is 34.8. The first kappa shape index (κ1) is 38.8. The Bertz CT molecular complexity index is 592. The van der Waals surface area contributed by atoms with E-state index in [9.17, 15) is 20.1 Å². The van der Waals surface area contributed by atoms with E-state index in [-0.39, 0.29) is 6.61 Å². The molecule has 0 radical (unpaired) electrons. The van der Waals surface area contributed by atoms with Crippen LogP contribution < -0.4 is 5.32 Å². The summed E-state index contributed by atoms with van der Waals surface area (Å²) in [5.41, 5.74) is 0. The van der Waals surface area contributed by atoms with Gasteiger partial charge in [-0.15, -0.1) is 0 Å². The summed E-state index contributed by atoms with van der Waals surface area (Å²) < 4.78 is 0. The predicted molar refractivity (Wildman–Crippen MR) is 171 cm³/mol. The van der Waals surface area contributed by atoms with Crippen LogP contribution in [-0.2, 0) is 4.79 Å². The molecule has 1 amide bonds. The fraction of sp³-hybridized carbons (Fsp3) is 0.857. The van der Waals surface area contributed by atoms with E-state index in [0.29, 0.717) is 6.42 Å². The fourth-order valence-electron chi connectivity index (χ4n) is 4.99. The van der Waals surface area contributed by atoms with Gasteiger partial charge in [-0.2, -0.15) is 0 Å². The minimum Gasteiger partial charge on any atom is -0.394 e. The van der Waals surface area contributed by atoms with Gasteiger partial charge < -0.3 is 20.6 Å². The zero-order valence-corrected chi connectivity index (χ0v) is 26.5. The molecule has 0 aromatic rings. The van der Waals surface area contributed by atoms with Crippen LogP contribution in [0.2, 0.25) is 0 Å². The van der Waals surface area contributed by atoms with Crippen molar-refractivity contribution in [2.24, 2.45) is 0 Å². The molecule has 0 heterocycles. The Hall–Kier alpha value is -1.17. The molecule has 0 fully saturated rings. The first-order valence-corrected chi connectivity index (χ1v) is 17.2. The van der Waals surface area contributed by atoms with E-state index in [1.165, 1.54) is 103 Å². The molecule has 0 saturated heterocycles. The van der Waals surface area contributed by atoms with E-state index < -0.39 is 24.2 Å². The van der Waals surface area contributed by atoms with Gasteiger partial charge in [-0.3, -0.25) is 4.79 Å². The zero-order valence-electron chi connectivity index (χ0n) is 26.5. The molecule has 0 aliphatic carbocycles. The highest BCUT2D eigenvalue weighted by molar-refractivity contribution is 5.80. The first-order valence-electron chi connectivity index (χ1n) is 17.2. The van der Waals surface area contributed by atoms with E-state index in [1.54, 1.807) is 6.08 Å². The van der Waals surface area contributed by atoms with Crippen LogP contribution in [0.3, 0.4) is 0 Å². The lowest BCUT2D eigenvalue weighted by molar-refractivity contribution is -0.131. The summed E-state index contributed by atoms with van der Waals surface area (Å²) >= 11 is 0. The third-order valence-electron chi connectivity index (χ3n) is 7.79. The second kappa shape index (κ2) is 30.8. The average molecular weight is 566 g/mol. The number of hydrogen-bond donors (Lipinski definition) is 4. The second-order valence-electron chi connectivity index (χ2n) is 11.7. The molecule has 5 nitrogen and oxygen atoms in total. The Morgan fingerprint density at radius 1 is 0.600 bits per heavy atom. The van der Waals surface area contributed by atoms with E-state index in [4.69, 9.17) is 0 Å². The maximum absolute atomic E-state index is 12.3. The van der Waals surface area contributed by atoms with Gasteiger partial charge in [0.15, 0.2) is 0 Å². The van der Waals surface area contributed by atoms with Crippen LogP contribution in [0.25, 0.3) is 0 Å². The van der Waals surface area contributed by atoms with Gasteiger partial charge in [0, 0.05) is 0 Å². The summed E-state index contributed by atoms with van der Waals surface area (Å²) in [7, 11) is 0. The van der Waals surface area contributed by atoms with Crippen molar-refractivity contribution >= 4 is 5.91 Å². The number of rotatable bonds is 30. The van der Waals surface area contributed by atoms with Crippen LogP contribution in [0, 0.1) is 0 Å². The average Bonchev–Trinajstić information content (AvgIpc) is 2.96. The Morgan fingerprint density at radius 3 is 1.52 bits per heavy atom. The minimum atomic E-state index is -1.11. The molecule has 3 unspecified atom stereocenters. The van der Waals surface area contributed by atoms with Gasteiger partial charge in [-0.05, 0) is 38.5 Å². The van der Waals surface area contributed by atoms with Gasteiger partial charge in [-0.25, -0.2) is 0 Å². The normalized spacial score (nSPS) is 14.2. The van der Waals surface area contributed by atoms with Crippen molar-refractivity contribution in [2.45, 2.75) is 186 Å². The van der Waals surface area contributed by atoms with E-state index in [2.05, 4.69) is 31.3 Å². The first-order chi connectivity index (χ1) is 19.6. The number of carbonyl (C=O) groups is 1. The third-order valence-corrected chi connectivity index (χ3v) is 7.79. The highest BCUT2D eigenvalue weighted by atomic mass is 16.3. The quantitative estimate of drug-likeness (QED) is 0.0518. The lowest BCUT2D eigenvalue weighted by Crippen LogP contribution is -2.48. The molecule has 0 saturated carbocycles. The molecule has 0 aliphatic heterocycles. The topological polar surface area (TPSA) is 89.8 Å². The molecular formula is C35H67NO4. The monoisotopic (exact) mass is 566 g/mol. The molecule has 0 rings (SSSR count). The van der Waals surface area contributed by atoms with Gasteiger partial charge in [0.05, 0.1) is 18.8 Å². The molecule has 5 heteroatoms. The van der Waals surface area contributed by atoms with Crippen LogP contribution in [0.4, 0.5) is 0 Å². The molecule has 0 aliphatic rings. The smallest absolute Gasteiger partial charge is 0.249 e. The van der Waals surface area contributed by atoms with E-state index >= 15 is 0 Å². The lowest BCUT2D eigenvalue weighted by Gasteiger charge is -2.21. The van der Waals surface area contributed by atoms with E-state index in [1.807, 2.05) is 6.08 Å². The number of aliphatic hydroxyl groups excluding tert-OH is 3. The van der Waals surface area contributed by atoms with Crippen molar-refractivity contribution in [1.29, 1.82) is 0 Å². The van der Waals surface area contributed by atoms with Crippen LogP contribution in [0.15, 0.2) is 24.3 Å². The molecular weight excluding hydrogens is 498 g/mol. The van der Waals surface area contributed by atoms with Crippen LogP contribution in [0.1, 0.15) is 168 Å². The number of unbranched alkanes of at least 4 members (excludes halogenated alkanes) is 20. The molecule has 0 spiro atoms. The number of hydrogen-bond acceptors (Lipinski definition) is 4. The Kier molecular flexibility index (Phi) is 29.9. The summed E-state index contributed by atoms with van der Waals surface area (Å²) in [5, 5.41) is 32.8. The molecule has 40 heavy (non-hydrogen) atoms. The summed E-state index contributed by atoms with van der Waals surface area (Å²) in [6, 6.07) is -0.798. The Labute approximate surface area is 248 Å². The van der Waals surface area contributed by atoms with Gasteiger partial charge in [0.1, 0.15) is 6.10 Å². The molecule has 0 bridgehead atoms. The number of nitrogens with one attached hydrogen (secondary N) is 1. The van der Waals surface area contributed by atoms with Crippen LogP contribution >= 0.6 is 0 Å². The van der Waals surface area contributed by atoms with Gasteiger partial charge >= 0.3 is 0 Å².